The van der Waals surface area contributed by atoms with Gasteiger partial charge in [0.05, 0.1) is 18.2 Å². The first-order chi connectivity index (χ1) is 12.6. The van der Waals surface area contributed by atoms with Gasteiger partial charge in [-0.25, -0.2) is 9.48 Å². The van der Waals surface area contributed by atoms with E-state index in [-0.39, 0.29) is 5.91 Å². The number of carboxylic acid groups (broad SMARTS) is 1. The Kier molecular flexibility index (Phi) is 3.80. The summed E-state index contributed by atoms with van der Waals surface area (Å²) < 4.78 is 6.96. The summed E-state index contributed by atoms with van der Waals surface area (Å²) in [5.41, 5.74) is 2.67. The van der Waals surface area contributed by atoms with Crippen molar-refractivity contribution in [3.05, 3.63) is 59.7 Å². The summed E-state index contributed by atoms with van der Waals surface area (Å²) in [6.45, 7) is 0.295. The number of benzene rings is 1. The van der Waals surface area contributed by atoms with Gasteiger partial charge in [-0.05, 0) is 18.2 Å². The zero-order valence-corrected chi connectivity index (χ0v) is 14.0. The summed E-state index contributed by atoms with van der Waals surface area (Å²) in [4.78, 5) is 26.0. The van der Waals surface area contributed by atoms with Crippen molar-refractivity contribution in [2.45, 2.75) is 12.5 Å². The zero-order chi connectivity index (χ0) is 18.3. The van der Waals surface area contributed by atoms with E-state index in [2.05, 4.69) is 10.3 Å². The normalized spacial score (nSPS) is 16.3. The van der Waals surface area contributed by atoms with E-state index in [0.29, 0.717) is 29.9 Å². The van der Waals surface area contributed by atoms with Crippen molar-refractivity contribution < 1.29 is 19.1 Å². The van der Waals surface area contributed by atoms with Gasteiger partial charge in [0, 0.05) is 36.7 Å². The number of furan rings is 1. The van der Waals surface area contributed by atoms with Crippen molar-refractivity contribution in [1.82, 2.24) is 19.9 Å². The number of aliphatic carboxylic acids is 1. The smallest absolute Gasteiger partial charge is 0.331 e. The molecule has 0 radical (unpaired) electrons. The number of nitrogens with zero attached hydrogens (tertiary/aromatic N) is 4. The second-order valence-electron chi connectivity index (χ2n) is 6.11. The molecule has 0 fully saturated rings. The molecular formula is C18H16N4O4. The second kappa shape index (κ2) is 6.14. The van der Waals surface area contributed by atoms with Crippen LogP contribution in [0.25, 0.3) is 11.3 Å². The van der Waals surface area contributed by atoms with E-state index in [0.717, 1.165) is 11.3 Å². The summed E-state index contributed by atoms with van der Waals surface area (Å²) in [5, 5.41) is 17.3. The summed E-state index contributed by atoms with van der Waals surface area (Å²) in [5.74, 6) is -0.766. The molecule has 0 saturated carbocycles. The molecule has 0 aliphatic carbocycles. The van der Waals surface area contributed by atoms with Gasteiger partial charge in [0.25, 0.3) is 5.91 Å². The largest absolute Gasteiger partial charge is 0.479 e. The third-order valence-electron chi connectivity index (χ3n) is 4.60. The Morgan fingerprint density at radius 2 is 2.00 bits per heavy atom. The van der Waals surface area contributed by atoms with Gasteiger partial charge in [0.2, 0.25) is 0 Å². The van der Waals surface area contributed by atoms with Crippen molar-refractivity contribution in [1.29, 1.82) is 0 Å². The van der Waals surface area contributed by atoms with Crippen LogP contribution in [0.3, 0.4) is 0 Å². The molecule has 1 aliphatic heterocycles. The van der Waals surface area contributed by atoms with Crippen LogP contribution in [0.1, 0.15) is 27.7 Å². The van der Waals surface area contributed by atoms with E-state index in [4.69, 9.17) is 4.42 Å². The number of carbonyl (C=O) groups excluding carboxylic acids is 1. The third-order valence-corrected chi connectivity index (χ3v) is 4.60. The minimum absolute atomic E-state index is 0.295. The van der Waals surface area contributed by atoms with E-state index in [9.17, 15) is 14.7 Å². The summed E-state index contributed by atoms with van der Waals surface area (Å²) in [6.07, 6.45) is 3.60. The van der Waals surface area contributed by atoms with E-state index >= 15 is 0 Å². The van der Waals surface area contributed by atoms with Crippen LogP contribution in [0.2, 0.25) is 0 Å². The molecule has 4 rings (SSSR count). The van der Waals surface area contributed by atoms with Crippen LogP contribution >= 0.6 is 0 Å². The number of carboxylic acids is 1. The fraction of sp³-hybridized carbons (Fsp3) is 0.222. The SMILES string of the molecule is Cn1nncc1-c1ccc(C(=O)N2CCc3occc3C2C(=O)O)cc1. The molecule has 3 heterocycles. The van der Waals surface area contributed by atoms with Crippen molar-refractivity contribution >= 4 is 11.9 Å². The maximum absolute atomic E-state index is 12.9. The number of aromatic nitrogens is 3. The Bertz CT molecular complexity index is 973. The van der Waals surface area contributed by atoms with Crippen molar-refractivity contribution in [2.75, 3.05) is 6.54 Å². The minimum atomic E-state index is -1.07. The van der Waals surface area contributed by atoms with E-state index in [1.165, 1.54) is 11.2 Å². The molecule has 1 aliphatic rings. The van der Waals surface area contributed by atoms with Crippen LogP contribution in [0.15, 0.2) is 47.2 Å². The van der Waals surface area contributed by atoms with Crippen molar-refractivity contribution in [3.8, 4) is 11.3 Å². The van der Waals surface area contributed by atoms with Gasteiger partial charge in [-0.3, -0.25) is 4.79 Å². The molecule has 8 nitrogen and oxygen atoms in total. The molecule has 0 spiro atoms. The predicted octanol–water partition coefficient (Wildman–Crippen LogP) is 1.90. The lowest BCUT2D eigenvalue weighted by atomic mass is 9.98. The number of rotatable bonds is 3. The molecule has 1 amide bonds. The number of carbonyl (C=O) groups is 2. The Morgan fingerprint density at radius 3 is 2.65 bits per heavy atom. The highest BCUT2D eigenvalue weighted by atomic mass is 16.4. The Hall–Kier alpha value is -3.42. The average molecular weight is 352 g/mol. The molecule has 1 atom stereocenters. The first kappa shape index (κ1) is 16.1. The van der Waals surface area contributed by atoms with Crippen molar-refractivity contribution in [3.63, 3.8) is 0 Å². The van der Waals surface area contributed by atoms with Crippen LogP contribution in [0, 0.1) is 0 Å². The first-order valence-corrected chi connectivity index (χ1v) is 8.11. The molecule has 8 heteroatoms. The maximum Gasteiger partial charge on any atom is 0.331 e. The van der Waals surface area contributed by atoms with Crippen LogP contribution in [-0.2, 0) is 18.3 Å². The lowest BCUT2D eigenvalue weighted by molar-refractivity contribution is -0.143. The quantitative estimate of drug-likeness (QED) is 0.772. The highest BCUT2D eigenvalue weighted by Crippen LogP contribution is 2.32. The summed E-state index contributed by atoms with van der Waals surface area (Å²) in [6, 6.07) is 7.56. The Morgan fingerprint density at radius 1 is 1.23 bits per heavy atom. The van der Waals surface area contributed by atoms with E-state index in [1.807, 2.05) is 0 Å². The van der Waals surface area contributed by atoms with Crippen LogP contribution in [-0.4, -0.2) is 43.4 Å². The topological polar surface area (TPSA) is 101 Å². The zero-order valence-electron chi connectivity index (χ0n) is 14.0. The Balaban J connectivity index is 1.63. The standard InChI is InChI=1S/C18H16N4O4/c1-21-14(10-19-20-21)11-2-4-12(5-3-11)17(23)22-8-6-15-13(7-9-26-15)16(22)18(24)25/h2-5,7,9-10,16H,6,8H2,1H3,(H,24,25). The Labute approximate surface area is 148 Å². The van der Waals surface area contributed by atoms with Gasteiger partial charge in [0.15, 0.2) is 6.04 Å². The highest BCUT2D eigenvalue weighted by molar-refractivity contribution is 5.97. The van der Waals surface area contributed by atoms with Crippen LogP contribution in [0.4, 0.5) is 0 Å². The fourth-order valence-corrected chi connectivity index (χ4v) is 3.30. The van der Waals surface area contributed by atoms with Crippen LogP contribution in [0.5, 0.6) is 0 Å². The molecular weight excluding hydrogens is 336 g/mol. The highest BCUT2D eigenvalue weighted by Gasteiger charge is 2.37. The first-order valence-electron chi connectivity index (χ1n) is 8.11. The number of aryl methyl sites for hydroxylation is 1. The lowest BCUT2D eigenvalue weighted by Crippen LogP contribution is -2.43. The molecule has 0 saturated heterocycles. The number of amides is 1. The van der Waals surface area contributed by atoms with E-state index in [1.54, 1.807) is 48.3 Å². The molecule has 0 bridgehead atoms. The monoisotopic (exact) mass is 352 g/mol. The van der Waals surface area contributed by atoms with Gasteiger partial charge < -0.3 is 14.4 Å². The predicted molar refractivity (Wildman–Crippen MR) is 90.3 cm³/mol. The van der Waals surface area contributed by atoms with Gasteiger partial charge in [-0.2, -0.15) is 0 Å². The molecule has 1 unspecified atom stereocenters. The fourth-order valence-electron chi connectivity index (χ4n) is 3.30. The number of hydrogen-bond acceptors (Lipinski definition) is 5. The van der Waals surface area contributed by atoms with Gasteiger partial charge in [-0.1, -0.05) is 17.3 Å². The number of hydrogen-bond donors (Lipinski definition) is 1. The van der Waals surface area contributed by atoms with Gasteiger partial charge in [0.1, 0.15) is 5.76 Å². The maximum atomic E-state index is 12.9. The van der Waals surface area contributed by atoms with E-state index < -0.39 is 12.0 Å². The van der Waals surface area contributed by atoms with Gasteiger partial charge >= 0.3 is 5.97 Å². The molecule has 3 aromatic rings. The van der Waals surface area contributed by atoms with Gasteiger partial charge in [-0.15, -0.1) is 5.10 Å². The minimum Gasteiger partial charge on any atom is -0.479 e. The molecule has 1 N–H and O–H groups in total. The number of fused-ring (bicyclic) bond motifs is 1. The summed E-state index contributed by atoms with van der Waals surface area (Å²) in [7, 11) is 1.79. The average Bonchev–Trinajstić information content (AvgIpc) is 3.28. The molecule has 132 valence electrons. The summed E-state index contributed by atoms with van der Waals surface area (Å²) >= 11 is 0. The molecule has 26 heavy (non-hydrogen) atoms. The van der Waals surface area contributed by atoms with Crippen LogP contribution < -0.4 is 0 Å². The molecule has 1 aromatic carbocycles. The third kappa shape index (κ3) is 2.55. The molecule has 2 aromatic heterocycles. The lowest BCUT2D eigenvalue weighted by Gasteiger charge is -2.32. The second-order valence-corrected chi connectivity index (χ2v) is 6.11. The van der Waals surface area contributed by atoms with Crippen molar-refractivity contribution in [2.24, 2.45) is 7.05 Å².